The molecule has 1 saturated heterocycles. The first-order valence-electron chi connectivity index (χ1n) is 7.78. The minimum absolute atomic E-state index is 0.309. The number of carboxylic acids is 1. The number of hydrogen-bond donors (Lipinski definition) is 1. The molecule has 7 nitrogen and oxygen atoms in total. The van der Waals surface area contributed by atoms with Crippen LogP contribution in [0.25, 0.3) is 11.3 Å². The molecule has 2 atom stereocenters. The second kappa shape index (κ2) is 6.77. The molecule has 1 aliphatic heterocycles. The fraction of sp³-hybridized carbons (Fsp3) is 0.375. The predicted octanol–water partition coefficient (Wildman–Crippen LogP) is 1.67. The van der Waals surface area contributed by atoms with E-state index in [4.69, 9.17) is 5.11 Å². The van der Waals surface area contributed by atoms with Gasteiger partial charge in [0.1, 0.15) is 12.2 Å². The van der Waals surface area contributed by atoms with Crippen molar-refractivity contribution in [1.82, 2.24) is 19.9 Å². The van der Waals surface area contributed by atoms with Gasteiger partial charge in [-0.15, -0.1) is 5.10 Å². The summed E-state index contributed by atoms with van der Waals surface area (Å²) in [6.07, 6.45) is -3.16. The van der Waals surface area contributed by atoms with Crippen molar-refractivity contribution >= 4 is 11.9 Å². The number of aliphatic carboxylic acids is 1. The first kappa shape index (κ1) is 17.9. The maximum atomic E-state index is 13.0. The Balaban J connectivity index is 1.69. The van der Waals surface area contributed by atoms with Crippen LogP contribution in [0.1, 0.15) is 0 Å². The lowest BCUT2D eigenvalue weighted by atomic mass is 9.96. The highest BCUT2D eigenvalue weighted by molar-refractivity contribution is 5.79. The van der Waals surface area contributed by atoms with Gasteiger partial charge >= 0.3 is 12.1 Å². The van der Waals surface area contributed by atoms with Gasteiger partial charge in [0.2, 0.25) is 5.91 Å². The van der Waals surface area contributed by atoms with Crippen LogP contribution < -0.4 is 0 Å². The molecule has 1 aromatic heterocycles. The van der Waals surface area contributed by atoms with Crippen molar-refractivity contribution in [2.45, 2.75) is 12.7 Å². The van der Waals surface area contributed by atoms with Gasteiger partial charge in [0.15, 0.2) is 0 Å². The van der Waals surface area contributed by atoms with E-state index in [0.717, 1.165) is 10.5 Å². The van der Waals surface area contributed by atoms with Gasteiger partial charge in [-0.05, 0) is 0 Å². The molecule has 0 spiro atoms. The highest BCUT2D eigenvalue weighted by Crippen LogP contribution is 2.37. The van der Waals surface area contributed by atoms with Crippen LogP contribution in [0.15, 0.2) is 36.5 Å². The van der Waals surface area contributed by atoms with Gasteiger partial charge in [-0.25, -0.2) is 4.68 Å². The zero-order valence-electron chi connectivity index (χ0n) is 13.4. The molecule has 0 bridgehead atoms. The topological polar surface area (TPSA) is 88.3 Å². The smallest absolute Gasteiger partial charge is 0.394 e. The molecule has 138 valence electrons. The number of hydrogen-bond acceptors (Lipinski definition) is 4. The van der Waals surface area contributed by atoms with Crippen molar-refractivity contribution in [3.63, 3.8) is 0 Å². The summed E-state index contributed by atoms with van der Waals surface area (Å²) in [7, 11) is 0. The highest BCUT2D eigenvalue weighted by Gasteiger charge is 2.53. The van der Waals surface area contributed by atoms with Gasteiger partial charge in [-0.3, -0.25) is 9.59 Å². The highest BCUT2D eigenvalue weighted by atomic mass is 19.4. The molecule has 0 aliphatic carbocycles. The summed E-state index contributed by atoms with van der Waals surface area (Å²) in [5.41, 5.74) is 1.31. The summed E-state index contributed by atoms with van der Waals surface area (Å²) >= 11 is 0. The number of amides is 1. The van der Waals surface area contributed by atoms with Crippen LogP contribution in [0, 0.1) is 11.8 Å². The third-order valence-electron chi connectivity index (χ3n) is 4.32. The van der Waals surface area contributed by atoms with Crippen LogP contribution in [0.4, 0.5) is 13.2 Å². The van der Waals surface area contributed by atoms with E-state index in [-0.39, 0.29) is 6.54 Å². The standard InChI is InChI=1S/C16H15F3N4O3/c17-16(18,19)12-7-22(6-11(12)15(25)26)14(24)9-23-8-13(20-21-23)10-4-2-1-3-5-10/h1-5,8,11-12H,6-7,9H2,(H,25,26)/t11-,12-/m1/s1. The molecule has 0 radical (unpaired) electrons. The Morgan fingerprint density at radius 2 is 1.88 bits per heavy atom. The number of likely N-dealkylation sites (tertiary alicyclic amines) is 1. The number of alkyl halides is 3. The number of nitrogens with zero attached hydrogens (tertiary/aromatic N) is 4. The zero-order valence-corrected chi connectivity index (χ0v) is 13.4. The third-order valence-corrected chi connectivity index (χ3v) is 4.32. The van der Waals surface area contributed by atoms with Crippen molar-refractivity contribution < 1.29 is 27.9 Å². The summed E-state index contributed by atoms with van der Waals surface area (Å²) in [4.78, 5) is 24.3. The average molecular weight is 368 g/mol. The molecule has 1 N–H and O–H groups in total. The van der Waals surface area contributed by atoms with Gasteiger partial charge in [-0.2, -0.15) is 13.2 Å². The Morgan fingerprint density at radius 3 is 2.46 bits per heavy atom. The van der Waals surface area contributed by atoms with Gasteiger partial charge in [0, 0.05) is 18.7 Å². The number of carboxylic acid groups (broad SMARTS) is 1. The number of aromatic nitrogens is 3. The lowest BCUT2D eigenvalue weighted by molar-refractivity contribution is -0.188. The van der Waals surface area contributed by atoms with Crippen LogP contribution in [-0.2, 0) is 16.1 Å². The Hall–Kier alpha value is -2.91. The Morgan fingerprint density at radius 1 is 1.19 bits per heavy atom. The quantitative estimate of drug-likeness (QED) is 0.887. The first-order chi connectivity index (χ1) is 12.3. The van der Waals surface area contributed by atoms with Crippen LogP contribution >= 0.6 is 0 Å². The number of halogens is 3. The molecule has 10 heteroatoms. The molecule has 2 aromatic rings. The van der Waals surface area contributed by atoms with Gasteiger partial charge < -0.3 is 10.0 Å². The number of carbonyl (C=O) groups excluding carboxylic acids is 1. The molecule has 1 fully saturated rings. The van der Waals surface area contributed by atoms with E-state index in [2.05, 4.69) is 10.3 Å². The monoisotopic (exact) mass is 368 g/mol. The number of carbonyl (C=O) groups is 2. The molecular weight excluding hydrogens is 353 g/mol. The van der Waals surface area contributed by atoms with E-state index in [9.17, 15) is 22.8 Å². The summed E-state index contributed by atoms with van der Waals surface area (Å²) in [5, 5.41) is 16.7. The van der Waals surface area contributed by atoms with Crippen LogP contribution in [0.2, 0.25) is 0 Å². The van der Waals surface area contributed by atoms with Crippen LogP contribution in [0.3, 0.4) is 0 Å². The molecule has 1 aliphatic rings. The summed E-state index contributed by atoms with van der Waals surface area (Å²) in [6, 6.07) is 9.07. The molecule has 2 heterocycles. The average Bonchev–Trinajstić information content (AvgIpc) is 3.22. The molecule has 0 unspecified atom stereocenters. The van der Waals surface area contributed by atoms with Gasteiger partial charge in [-0.1, -0.05) is 35.5 Å². The van der Waals surface area contributed by atoms with Crippen molar-refractivity contribution in [3.05, 3.63) is 36.5 Å². The lowest BCUT2D eigenvalue weighted by Crippen LogP contribution is -2.34. The van der Waals surface area contributed by atoms with Crippen molar-refractivity contribution in [2.75, 3.05) is 13.1 Å². The third kappa shape index (κ3) is 3.68. The second-order valence-electron chi connectivity index (χ2n) is 6.06. The van der Waals surface area contributed by atoms with Crippen LogP contribution in [-0.4, -0.2) is 56.1 Å². The molecule has 26 heavy (non-hydrogen) atoms. The lowest BCUT2D eigenvalue weighted by Gasteiger charge is -2.18. The molecule has 1 aromatic carbocycles. The van der Waals surface area contributed by atoms with E-state index in [1.165, 1.54) is 10.9 Å². The molecular formula is C16H15F3N4O3. The van der Waals surface area contributed by atoms with E-state index in [0.29, 0.717) is 5.69 Å². The Kier molecular flexibility index (Phi) is 4.66. The summed E-state index contributed by atoms with van der Waals surface area (Å²) in [6.45, 7) is -1.45. The molecule has 1 amide bonds. The summed E-state index contributed by atoms with van der Waals surface area (Å²) in [5.74, 6) is -5.92. The molecule has 3 rings (SSSR count). The number of rotatable bonds is 4. The Bertz CT molecular complexity index is 807. The first-order valence-corrected chi connectivity index (χ1v) is 7.78. The Labute approximate surface area is 146 Å². The van der Waals surface area contributed by atoms with Crippen molar-refractivity contribution in [3.8, 4) is 11.3 Å². The fourth-order valence-corrected chi connectivity index (χ4v) is 2.94. The van der Waals surface area contributed by atoms with Crippen LogP contribution in [0.5, 0.6) is 0 Å². The predicted molar refractivity (Wildman–Crippen MR) is 82.7 cm³/mol. The molecule has 0 saturated carbocycles. The second-order valence-corrected chi connectivity index (χ2v) is 6.06. The minimum atomic E-state index is -4.67. The fourth-order valence-electron chi connectivity index (χ4n) is 2.94. The zero-order chi connectivity index (χ0) is 18.9. The normalized spacial score (nSPS) is 20.3. The van der Waals surface area contributed by atoms with Crippen molar-refractivity contribution in [1.29, 1.82) is 0 Å². The minimum Gasteiger partial charge on any atom is -0.481 e. The van der Waals surface area contributed by atoms with E-state index in [1.54, 1.807) is 0 Å². The summed E-state index contributed by atoms with van der Waals surface area (Å²) < 4.78 is 40.2. The largest absolute Gasteiger partial charge is 0.481 e. The van der Waals surface area contributed by atoms with E-state index < -0.39 is 43.0 Å². The van der Waals surface area contributed by atoms with E-state index in [1.807, 2.05) is 30.3 Å². The van der Waals surface area contributed by atoms with E-state index >= 15 is 0 Å². The maximum Gasteiger partial charge on any atom is 0.394 e. The SMILES string of the molecule is O=C(O)[C@@H]1CN(C(=O)Cn2cc(-c3ccccc3)nn2)C[C@H]1C(F)(F)F. The van der Waals surface area contributed by atoms with Gasteiger partial charge in [0.05, 0.1) is 18.0 Å². The van der Waals surface area contributed by atoms with Crippen molar-refractivity contribution in [2.24, 2.45) is 11.8 Å². The number of benzene rings is 1. The van der Waals surface area contributed by atoms with Gasteiger partial charge in [0.25, 0.3) is 0 Å². The maximum absolute atomic E-state index is 13.0.